The van der Waals surface area contributed by atoms with Crippen molar-refractivity contribution in [2.45, 2.75) is 46.0 Å². The van der Waals surface area contributed by atoms with Crippen molar-refractivity contribution in [3.63, 3.8) is 0 Å². The quantitative estimate of drug-likeness (QED) is 0.386. The van der Waals surface area contributed by atoms with E-state index in [-0.39, 0.29) is 30.4 Å². The molecule has 0 unspecified atom stereocenters. The monoisotopic (exact) mass is 466 g/mol. The van der Waals surface area contributed by atoms with Gasteiger partial charge < -0.3 is 19.7 Å². The second kappa shape index (κ2) is 10.8. The highest BCUT2D eigenvalue weighted by Crippen LogP contribution is 2.41. The van der Waals surface area contributed by atoms with E-state index in [9.17, 15) is 14.3 Å². The van der Waals surface area contributed by atoms with Crippen LogP contribution in [0.2, 0.25) is 0 Å². The number of carboxylic acids is 1. The van der Waals surface area contributed by atoms with Crippen LogP contribution in [0, 0.1) is 11.2 Å². The van der Waals surface area contributed by atoms with Crippen LogP contribution in [0.1, 0.15) is 56.1 Å². The van der Waals surface area contributed by atoms with Crippen molar-refractivity contribution in [3.8, 4) is 16.9 Å². The topological polar surface area (TPSA) is 76.0 Å². The summed E-state index contributed by atoms with van der Waals surface area (Å²) in [7, 11) is 1.65. The predicted molar refractivity (Wildman–Crippen MR) is 129 cm³/mol. The van der Waals surface area contributed by atoms with Gasteiger partial charge >= 0.3 is 5.97 Å². The maximum absolute atomic E-state index is 14.6. The summed E-state index contributed by atoms with van der Waals surface area (Å²) in [6.45, 7) is 6.46. The van der Waals surface area contributed by atoms with Gasteiger partial charge in [0.2, 0.25) is 0 Å². The Bertz CT molecular complexity index is 1140. The summed E-state index contributed by atoms with van der Waals surface area (Å²) in [6.07, 6.45) is -1.77. The van der Waals surface area contributed by atoms with Gasteiger partial charge in [-0.1, -0.05) is 63.2 Å². The Morgan fingerprint density at radius 2 is 1.74 bits per heavy atom. The molecule has 6 heteroatoms. The minimum absolute atomic E-state index is 0.233. The number of methoxy groups -OCH3 is 1. The van der Waals surface area contributed by atoms with E-state index in [4.69, 9.17) is 14.6 Å². The van der Waals surface area contributed by atoms with E-state index in [1.165, 1.54) is 6.07 Å². The maximum atomic E-state index is 14.6. The van der Waals surface area contributed by atoms with Crippen molar-refractivity contribution in [1.82, 2.24) is 0 Å². The zero-order valence-corrected chi connectivity index (χ0v) is 19.9. The minimum atomic E-state index is -1.11. The Morgan fingerprint density at radius 3 is 2.38 bits per heavy atom. The highest BCUT2D eigenvalue weighted by molar-refractivity contribution is 5.69. The lowest BCUT2D eigenvalue weighted by Crippen LogP contribution is -2.21. The molecule has 3 rings (SSSR count). The molecule has 0 saturated carbocycles. The summed E-state index contributed by atoms with van der Waals surface area (Å²) >= 11 is 0. The second-order valence-corrected chi connectivity index (χ2v) is 9.36. The number of hydrogen-bond acceptors (Lipinski definition) is 4. The van der Waals surface area contributed by atoms with E-state index in [1.54, 1.807) is 43.5 Å². The molecule has 3 aromatic carbocycles. The van der Waals surface area contributed by atoms with Crippen molar-refractivity contribution >= 4 is 5.97 Å². The Balaban J connectivity index is 1.91. The van der Waals surface area contributed by atoms with Crippen molar-refractivity contribution in [1.29, 1.82) is 0 Å². The van der Waals surface area contributed by atoms with Crippen LogP contribution < -0.4 is 4.74 Å². The number of ether oxygens (including phenoxy) is 2. The van der Waals surface area contributed by atoms with Gasteiger partial charge in [0.1, 0.15) is 18.2 Å². The Kier molecular flexibility index (Phi) is 8.07. The van der Waals surface area contributed by atoms with Gasteiger partial charge in [-0.25, -0.2) is 4.39 Å². The van der Waals surface area contributed by atoms with E-state index in [1.807, 2.05) is 24.3 Å². The summed E-state index contributed by atoms with van der Waals surface area (Å²) in [5.41, 5.74) is 3.26. The molecule has 3 aromatic rings. The zero-order valence-electron chi connectivity index (χ0n) is 19.9. The summed E-state index contributed by atoms with van der Waals surface area (Å²) in [5, 5.41) is 19.0. The van der Waals surface area contributed by atoms with Crippen LogP contribution in [0.25, 0.3) is 11.1 Å². The highest BCUT2D eigenvalue weighted by atomic mass is 19.1. The molecule has 0 spiro atoms. The lowest BCUT2D eigenvalue weighted by molar-refractivity contribution is -0.139. The first-order valence-corrected chi connectivity index (χ1v) is 11.1. The molecule has 180 valence electrons. The van der Waals surface area contributed by atoms with Crippen LogP contribution in [-0.4, -0.2) is 23.3 Å². The average molecular weight is 467 g/mol. The van der Waals surface area contributed by atoms with Gasteiger partial charge in [-0.2, -0.15) is 0 Å². The SMILES string of the molecule is CO[C@H](c1cc(COc2cccc([C@H](O)CC(=O)O)c2)ccc1-c1ccccc1F)C(C)(C)C. The third-order valence-electron chi connectivity index (χ3n) is 5.60. The van der Waals surface area contributed by atoms with Crippen LogP contribution in [-0.2, 0) is 16.1 Å². The van der Waals surface area contributed by atoms with E-state index >= 15 is 0 Å². The molecular weight excluding hydrogens is 435 g/mol. The predicted octanol–water partition coefficient (Wildman–Crippen LogP) is 6.31. The summed E-state index contributed by atoms with van der Waals surface area (Å²) in [4.78, 5) is 10.9. The molecule has 2 N–H and O–H groups in total. The number of rotatable bonds is 9. The van der Waals surface area contributed by atoms with Crippen molar-refractivity contribution in [2.24, 2.45) is 5.41 Å². The first kappa shape index (κ1) is 25.4. The molecule has 0 amide bonds. The molecule has 2 atom stereocenters. The van der Waals surface area contributed by atoms with Crippen LogP contribution in [0.15, 0.2) is 66.7 Å². The Morgan fingerprint density at radius 1 is 1.00 bits per heavy atom. The highest BCUT2D eigenvalue weighted by Gasteiger charge is 2.29. The Hall–Kier alpha value is -3.22. The number of halogens is 1. The number of benzene rings is 3. The van der Waals surface area contributed by atoms with Gasteiger partial charge in [0.25, 0.3) is 0 Å². The molecule has 0 heterocycles. The van der Waals surface area contributed by atoms with Gasteiger partial charge in [-0.05, 0) is 51.9 Å². The minimum Gasteiger partial charge on any atom is -0.489 e. The van der Waals surface area contributed by atoms with Crippen LogP contribution in [0.4, 0.5) is 4.39 Å². The molecule has 0 fully saturated rings. The Labute approximate surface area is 199 Å². The van der Waals surface area contributed by atoms with Gasteiger partial charge in [-0.3, -0.25) is 4.79 Å². The fourth-order valence-corrected chi connectivity index (χ4v) is 4.05. The molecule has 34 heavy (non-hydrogen) atoms. The number of aliphatic carboxylic acids is 1. The number of carboxylic acid groups (broad SMARTS) is 1. The molecule has 0 radical (unpaired) electrons. The lowest BCUT2D eigenvalue weighted by atomic mass is 9.81. The molecule has 5 nitrogen and oxygen atoms in total. The van der Waals surface area contributed by atoms with Crippen molar-refractivity contribution in [2.75, 3.05) is 7.11 Å². The van der Waals surface area contributed by atoms with E-state index in [0.29, 0.717) is 16.9 Å². The molecule has 0 bridgehead atoms. The summed E-state index contributed by atoms with van der Waals surface area (Å²) in [5.74, 6) is -0.859. The zero-order chi connectivity index (χ0) is 24.9. The molecular formula is C28H31FO5. The molecule has 0 aliphatic carbocycles. The van der Waals surface area contributed by atoms with E-state index < -0.39 is 12.1 Å². The van der Waals surface area contributed by atoms with Gasteiger partial charge in [0.15, 0.2) is 0 Å². The first-order chi connectivity index (χ1) is 16.1. The maximum Gasteiger partial charge on any atom is 0.306 e. The number of aliphatic hydroxyl groups is 1. The largest absolute Gasteiger partial charge is 0.489 e. The number of aliphatic hydroxyl groups excluding tert-OH is 1. The van der Waals surface area contributed by atoms with Crippen LogP contribution in [0.5, 0.6) is 5.75 Å². The van der Waals surface area contributed by atoms with E-state index in [0.717, 1.165) is 16.7 Å². The van der Waals surface area contributed by atoms with E-state index in [2.05, 4.69) is 20.8 Å². The molecule has 0 aliphatic heterocycles. The van der Waals surface area contributed by atoms with Crippen LogP contribution in [0.3, 0.4) is 0 Å². The fourth-order valence-electron chi connectivity index (χ4n) is 4.05. The number of hydrogen-bond donors (Lipinski definition) is 2. The van der Waals surface area contributed by atoms with Crippen LogP contribution >= 0.6 is 0 Å². The van der Waals surface area contributed by atoms with Gasteiger partial charge in [0.05, 0.1) is 18.6 Å². The van der Waals surface area contributed by atoms with Crippen molar-refractivity contribution in [3.05, 3.63) is 89.2 Å². The fraction of sp³-hybridized carbons (Fsp3) is 0.321. The molecule has 0 aromatic heterocycles. The van der Waals surface area contributed by atoms with Gasteiger partial charge in [-0.15, -0.1) is 0 Å². The summed E-state index contributed by atoms with van der Waals surface area (Å²) in [6, 6.07) is 19.2. The van der Waals surface area contributed by atoms with Gasteiger partial charge in [0, 0.05) is 12.7 Å². The normalized spacial score (nSPS) is 13.4. The third-order valence-corrected chi connectivity index (χ3v) is 5.60. The number of carbonyl (C=O) groups is 1. The van der Waals surface area contributed by atoms with Crippen molar-refractivity contribution < 1.29 is 28.9 Å². The lowest BCUT2D eigenvalue weighted by Gasteiger charge is -2.32. The smallest absolute Gasteiger partial charge is 0.306 e. The molecule has 0 aliphatic rings. The second-order valence-electron chi connectivity index (χ2n) is 9.36. The standard InChI is InChI=1S/C28H31FO5/c1-28(2,3)27(33-4)23-14-18(12-13-21(23)22-10-5-6-11-24(22)29)17-34-20-9-7-8-19(15-20)25(30)16-26(31)32/h5-15,25,27,30H,16-17H2,1-4H3,(H,31,32)/t25-,27-/m1/s1. The summed E-state index contributed by atoms with van der Waals surface area (Å²) < 4.78 is 26.4. The molecule has 0 saturated heterocycles. The third kappa shape index (κ3) is 6.22. The average Bonchev–Trinajstić information content (AvgIpc) is 2.78. The first-order valence-electron chi connectivity index (χ1n) is 11.1.